The number of nitro benzene ring substituents is 1. The first-order chi connectivity index (χ1) is 12.1. The lowest BCUT2D eigenvalue weighted by molar-refractivity contribution is -0.384. The van der Waals surface area contributed by atoms with Crippen LogP contribution in [0.3, 0.4) is 0 Å². The minimum absolute atomic E-state index is 0.0525. The van der Waals surface area contributed by atoms with E-state index in [1.807, 2.05) is 30.3 Å². The number of fused-ring (bicyclic) bond motifs is 1. The SMILES string of the molecule is O=C(NCCOc1cccc2cccnc12)c1ccc([N+](=O)[O-])cc1. The molecule has 7 nitrogen and oxygen atoms in total. The van der Waals surface area contributed by atoms with Crippen LogP contribution in [0.15, 0.2) is 60.8 Å². The third-order valence-electron chi connectivity index (χ3n) is 3.58. The number of non-ortho nitro benzene ring substituents is 1. The number of para-hydroxylation sites is 1. The van der Waals surface area contributed by atoms with Crippen molar-refractivity contribution in [3.05, 3.63) is 76.5 Å². The maximum absolute atomic E-state index is 12.0. The van der Waals surface area contributed by atoms with Crippen LogP contribution in [-0.2, 0) is 0 Å². The number of ether oxygens (including phenoxy) is 1. The van der Waals surface area contributed by atoms with E-state index in [1.165, 1.54) is 24.3 Å². The van der Waals surface area contributed by atoms with Gasteiger partial charge in [-0.15, -0.1) is 0 Å². The van der Waals surface area contributed by atoms with Gasteiger partial charge in [-0.2, -0.15) is 0 Å². The molecule has 0 saturated carbocycles. The Morgan fingerprint density at radius 3 is 2.64 bits per heavy atom. The van der Waals surface area contributed by atoms with Crippen molar-refractivity contribution in [1.29, 1.82) is 0 Å². The van der Waals surface area contributed by atoms with E-state index in [0.717, 1.165) is 10.9 Å². The first-order valence-corrected chi connectivity index (χ1v) is 7.64. The molecule has 0 radical (unpaired) electrons. The van der Waals surface area contributed by atoms with E-state index in [-0.39, 0.29) is 18.2 Å². The molecule has 0 saturated heterocycles. The molecule has 0 aliphatic rings. The molecule has 1 amide bonds. The molecule has 0 atom stereocenters. The van der Waals surface area contributed by atoms with Gasteiger partial charge in [0, 0.05) is 29.3 Å². The predicted octanol–water partition coefficient (Wildman–Crippen LogP) is 2.95. The molecule has 0 bridgehead atoms. The Labute approximate surface area is 143 Å². The molecule has 126 valence electrons. The molecular formula is C18H15N3O4. The summed E-state index contributed by atoms with van der Waals surface area (Å²) in [5.41, 5.74) is 1.08. The zero-order valence-corrected chi connectivity index (χ0v) is 13.2. The normalized spacial score (nSPS) is 10.4. The van der Waals surface area contributed by atoms with Gasteiger partial charge >= 0.3 is 0 Å². The minimum Gasteiger partial charge on any atom is -0.489 e. The van der Waals surface area contributed by atoms with Crippen LogP contribution in [0.25, 0.3) is 10.9 Å². The molecule has 1 aromatic heterocycles. The quantitative estimate of drug-likeness (QED) is 0.424. The van der Waals surface area contributed by atoms with Crippen molar-refractivity contribution >= 4 is 22.5 Å². The van der Waals surface area contributed by atoms with Gasteiger partial charge in [0.25, 0.3) is 11.6 Å². The van der Waals surface area contributed by atoms with E-state index in [0.29, 0.717) is 17.9 Å². The highest BCUT2D eigenvalue weighted by atomic mass is 16.6. The second kappa shape index (κ2) is 7.39. The third kappa shape index (κ3) is 3.89. The number of nitrogens with one attached hydrogen (secondary N) is 1. The first kappa shape index (κ1) is 16.4. The Balaban J connectivity index is 1.54. The molecule has 0 spiro atoms. The summed E-state index contributed by atoms with van der Waals surface area (Å²) in [6.45, 7) is 0.591. The summed E-state index contributed by atoms with van der Waals surface area (Å²) in [7, 11) is 0. The van der Waals surface area contributed by atoms with E-state index in [9.17, 15) is 14.9 Å². The molecule has 7 heteroatoms. The van der Waals surface area contributed by atoms with Crippen molar-refractivity contribution in [1.82, 2.24) is 10.3 Å². The summed E-state index contributed by atoms with van der Waals surface area (Å²) >= 11 is 0. The molecule has 2 aromatic carbocycles. The molecule has 0 unspecified atom stereocenters. The zero-order chi connectivity index (χ0) is 17.6. The highest BCUT2D eigenvalue weighted by Gasteiger charge is 2.09. The molecule has 0 aliphatic heterocycles. The highest BCUT2D eigenvalue weighted by molar-refractivity contribution is 5.94. The van der Waals surface area contributed by atoms with Crippen LogP contribution in [-0.4, -0.2) is 29.0 Å². The lowest BCUT2D eigenvalue weighted by Crippen LogP contribution is -2.28. The van der Waals surface area contributed by atoms with Crippen molar-refractivity contribution in [2.75, 3.05) is 13.2 Å². The topological polar surface area (TPSA) is 94.4 Å². The van der Waals surface area contributed by atoms with Gasteiger partial charge in [0.05, 0.1) is 11.5 Å². The molecule has 25 heavy (non-hydrogen) atoms. The first-order valence-electron chi connectivity index (χ1n) is 7.64. The Hall–Kier alpha value is -3.48. The molecule has 3 rings (SSSR count). The van der Waals surface area contributed by atoms with Gasteiger partial charge in [-0.05, 0) is 24.3 Å². The Morgan fingerprint density at radius 2 is 1.88 bits per heavy atom. The monoisotopic (exact) mass is 337 g/mol. The fourth-order valence-corrected chi connectivity index (χ4v) is 2.35. The highest BCUT2D eigenvalue weighted by Crippen LogP contribution is 2.22. The van der Waals surface area contributed by atoms with Gasteiger partial charge in [0.15, 0.2) is 0 Å². The number of hydrogen-bond donors (Lipinski definition) is 1. The van der Waals surface area contributed by atoms with Crippen LogP contribution < -0.4 is 10.1 Å². The summed E-state index contributed by atoms with van der Waals surface area (Å²) in [6.07, 6.45) is 1.70. The lowest BCUT2D eigenvalue weighted by atomic mass is 10.2. The summed E-state index contributed by atoms with van der Waals surface area (Å²) in [5, 5.41) is 14.3. The van der Waals surface area contributed by atoms with E-state index in [1.54, 1.807) is 6.20 Å². The van der Waals surface area contributed by atoms with Gasteiger partial charge in [0.1, 0.15) is 17.9 Å². The minimum atomic E-state index is -0.506. The van der Waals surface area contributed by atoms with Gasteiger partial charge < -0.3 is 10.1 Å². The number of nitrogens with zero attached hydrogens (tertiary/aromatic N) is 2. The van der Waals surface area contributed by atoms with Crippen molar-refractivity contribution in [3.63, 3.8) is 0 Å². The van der Waals surface area contributed by atoms with E-state index >= 15 is 0 Å². The number of carbonyl (C=O) groups is 1. The number of pyridine rings is 1. The van der Waals surface area contributed by atoms with Gasteiger partial charge in [-0.1, -0.05) is 18.2 Å². The number of benzene rings is 2. The maximum Gasteiger partial charge on any atom is 0.269 e. The van der Waals surface area contributed by atoms with E-state index < -0.39 is 4.92 Å². The molecule has 3 aromatic rings. The summed E-state index contributed by atoms with van der Waals surface area (Å²) in [6, 6.07) is 14.9. The summed E-state index contributed by atoms with van der Waals surface area (Å²) in [5.74, 6) is 0.345. The Morgan fingerprint density at radius 1 is 1.12 bits per heavy atom. The van der Waals surface area contributed by atoms with Crippen LogP contribution in [0.4, 0.5) is 5.69 Å². The number of aromatic nitrogens is 1. The van der Waals surface area contributed by atoms with E-state index in [2.05, 4.69) is 10.3 Å². The molecule has 0 fully saturated rings. The average molecular weight is 337 g/mol. The van der Waals surface area contributed by atoms with Crippen LogP contribution >= 0.6 is 0 Å². The molecular weight excluding hydrogens is 322 g/mol. The standard InChI is InChI=1S/C18H15N3O4/c22-18(14-6-8-15(9-7-14)21(23)24)20-11-12-25-16-5-1-3-13-4-2-10-19-17(13)16/h1-10H,11-12H2,(H,20,22). The van der Waals surface area contributed by atoms with Crippen LogP contribution in [0.5, 0.6) is 5.75 Å². The van der Waals surface area contributed by atoms with Crippen LogP contribution in [0, 0.1) is 10.1 Å². The van der Waals surface area contributed by atoms with Gasteiger partial charge in [0.2, 0.25) is 0 Å². The number of rotatable bonds is 6. The number of hydrogen-bond acceptors (Lipinski definition) is 5. The van der Waals surface area contributed by atoms with Crippen LogP contribution in [0.1, 0.15) is 10.4 Å². The van der Waals surface area contributed by atoms with Crippen molar-refractivity contribution in [2.24, 2.45) is 0 Å². The van der Waals surface area contributed by atoms with Crippen LogP contribution in [0.2, 0.25) is 0 Å². The van der Waals surface area contributed by atoms with Crippen molar-refractivity contribution in [3.8, 4) is 5.75 Å². The third-order valence-corrected chi connectivity index (χ3v) is 3.58. The molecule has 0 aliphatic carbocycles. The van der Waals surface area contributed by atoms with E-state index in [4.69, 9.17) is 4.74 Å². The Kier molecular flexibility index (Phi) is 4.84. The van der Waals surface area contributed by atoms with Gasteiger partial charge in [-0.3, -0.25) is 19.9 Å². The second-order valence-corrected chi connectivity index (χ2v) is 5.24. The molecule has 1 N–H and O–H groups in total. The van der Waals surface area contributed by atoms with Crippen molar-refractivity contribution in [2.45, 2.75) is 0 Å². The number of carbonyl (C=O) groups excluding carboxylic acids is 1. The Bertz CT molecular complexity index is 904. The lowest BCUT2D eigenvalue weighted by Gasteiger charge is -2.09. The smallest absolute Gasteiger partial charge is 0.269 e. The predicted molar refractivity (Wildman–Crippen MR) is 92.7 cm³/mol. The fraction of sp³-hybridized carbons (Fsp3) is 0.111. The van der Waals surface area contributed by atoms with Gasteiger partial charge in [-0.25, -0.2) is 0 Å². The number of nitro groups is 1. The zero-order valence-electron chi connectivity index (χ0n) is 13.2. The largest absolute Gasteiger partial charge is 0.489 e. The number of amides is 1. The summed E-state index contributed by atoms with van der Waals surface area (Å²) < 4.78 is 5.69. The molecule has 1 heterocycles. The van der Waals surface area contributed by atoms with Crippen molar-refractivity contribution < 1.29 is 14.5 Å². The fourth-order valence-electron chi connectivity index (χ4n) is 2.35. The maximum atomic E-state index is 12.0. The average Bonchev–Trinajstić information content (AvgIpc) is 2.65. The summed E-state index contributed by atoms with van der Waals surface area (Å²) in [4.78, 5) is 26.4. The second-order valence-electron chi connectivity index (χ2n) is 5.24.